The SMILES string of the molecule is CCCC(CC(=O)O)NC(=O)N(C)CCN1CCCC1. The van der Waals surface area contributed by atoms with E-state index in [1.165, 1.54) is 12.8 Å². The number of carboxylic acids is 1. The number of likely N-dealkylation sites (tertiary alicyclic amines) is 1. The van der Waals surface area contributed by atoms with Gasteiger partial charge in [0.25, 0.3) is 0 Å². The highest BCUT2D eigenvalue weighted by Gasteiger charge is 2.18. The van der Waals surface area contributed by atoms with Crippen molar-refractivity contribution in [1.82, 2.24) is 15.1 Å². The van der Waals surface area contributed by atoms with Crippen LogP contribution in [0.25, 0.3) is 0 Å². The number of nitrogens with zero attached hydrogens (tertiary/aromatic N) is 2. The third-order valence-corrected chi connectivity index (χ3v) is 3.68. The summed E-state index contributed by atoms with van der Waals surface area (Å²) in [6.07, 6.45) is 4.02. The molecule has 116 valence electrons. The highest BCUT2D eigenvalue weighted by Crippen LogP contribution is 2.07. The lowest BCUT2D eigenvalue weighted by molar-refractivity contribution is -0.137. The molecule has 0 aromatic heterocycles. The molecule has 0 aromatic rings. The minimum Gasteiger partial charge on any atom is -0.481 e. The zero-order valence-corrected chi connectivity index (χ0v) is 12.6. The molecule has 1 aliphatic heterocycles. The molecule has 0 aliphatic carbocycles. The van der Waals surface area contributed by atoms with E-state index < -0.39 is 5.97 Å². The number of amides is 2. The quantitative estimate of drug-likeness (QED) is 0.706. The molecule has 0 bridgehead atoms. The normalized spacial score (nSPS) is 16.9. The fraction of sp³-hybridized carbons (Fsp3) is 0.857. The molecule has 1 unspecified atom stereocenters. The van der Waals surface area contributed by atoms with Crippen molar-refractivity contribution in [3.05, 3.63) is 0 Å². The van der Waals surface area contributed by atoms with Crippen LogP contribution in [0.4, 0.5) is 4.79 Å². The van der Waals surface area contributed by atoms with Gasteiger partial charge >= 0.3 is 12.0 Å². The van der Waals surface area contributed by atoms with Crippen LogP contribution >= 0.6 is 0 Å². The van der Waals surface area contributed by atoms with E-state index in [4.69, 9.17) is 5.11 Å². The van der Waals surface area contributed by atoms with Crippen molar-refractivity contribution < 1.29 is 14.7 Å². The van der Waals surface area contributed by atoms with Gasteiger partial charge in [-0.15, -0.1) is 0 Å². The summed E-state index contributed by atoms with van der Waals surface area (Å²) in [5, 5.41) is 11.6. The van der Waals surface area contributed by atoms with Crippen molar-refractivity contribution in [2.75, 3.05) is 33.2 Å². The predicted molar refractivity (Wildman–Crippen MR) is 77.8 cm³/mol. The highest BCUT2D eigenvalue weighted by atomic mass is 16.4. The first-order chi connectivity index (χ1) is 9.52. The second-order valence-electron chi connectivity index (χ2n) is 5.50. The minimum absolute atomic E-state index is 0.0143. The first-order valence-electron chi connectivity index (χ1n) is 7.48. The van der Waals surface area contributed by atoms with Gasteiger partial charge in [-0.05, 0) is 32.4 Å². The molecule has 0 saturated carbocycles. The number of rotatable bonds is 8. The molecular weight excluding hydrogens is 258 g/mol. The smallest absolute Gasteiger partial charge is 0.317 e. The number of aliphatic carboxylic acids is 1. The van der Waals surface area contributed by atoms with Crippen LogP contribution in [-0.4, -0.2) is 66.2 Å². The van der Waals surface area contributed by atoms with Gasteiger partial charge in [-0.2, -0.15) is 0 Å². The Labute approximate surface area is 121 Å². The summed E-state index contributed by atoms with van der Waals surface area (Å²) < 4.78 is 0. The Morgan fingerprint density at radius 1 is 1.35 bits per heavy atom. The molecular formula is C14H27N3O3. The van der Waals surface area contributed by atoms with Gasteiger partial charge in [-0.3, -0.25) is 4.79 Å². The Morgan fingerprint density at radius 2 is 2.00 bits per heavy atom. The van der Waals surface area contributed by atoms with Crippen molar-refractivity contribution >= 4 is 12.0 Å². The first kappa shape index (κ1) is 16.8. The molecule has 2 N–H and O–H groups in total. The van der Waals surface area contributed by atoms with Crippen LogP contribution < -0.4 is 5.32 Å². The Bertz CT molecular complexity index is 317. The maximum absolute atomic E-state index is 12.0. The molecule has 2 amide bonds. The largest absolute Gasteiger partial charge is 0.481 e. The molecule has 1 atom stereocenters. The van der Waals surface area contributed by atoms with Gasteiger partial charge in [0.15, 0.2) is 0 Å². The Morgan fingerprint density at radius 3 is 2.55 bits per heavy atom. The van der Waals surface area contributed by atoms with E-state index >= 15 is 0 Å². The monoisotopic (exact) mass is 285 g/mol. The maximum Gasteiger partial charge on any atom is 0.317 e. The first-order valence-corrected chi connectivity index (χ1v) is 7.48. The van der Waals surface area contributed by atoms with Crippen molar-refractivity contribution in [1.29, 1.82) is 0 Å². The molecule has 20 heavy (non-hydrogen) atoms. The molecule has 0 aromatic carbocycles. The maximum atomic E-state index is 12.0. The zero-order valence-electron chi connectivity index (χ0n) is 12.6. The van der Waals surface area contributed by atoms with Gasteiger partial charge in [-0.25, -0.2) is 4.79 Å². The molecule has 1 saturated heterocycles. The fourth-order valence-electron chi connectivity index (χ4n) is 2.47. The van der Waals surface area contributed by atoms with Gasteiger partial charge in [0, 0.05) is 26.2 Å². The van der Waals surface area contributed by atoms with E-state index in [9.17, 15) is 9.59 Å². The molecule has 0 spiro atoms. The number of urea groups is 1. The molecule has 1 heterocycles. The minimum atomic E-state index is -0.872. The van der Waals surface area contributed by atoms with E-state index in [0.29, 0.717) is 13.0 Å². The lowest BCUT2D eigenvalue weighted by Crippen LogP contribution is -2.46. The topological polar surface area (TPSA) is 72.9 Å². The predicted octanol–water partition coefficient (Wildman–Crippen LogP) is 1.37. The Balaban J connectivity index is 2.31. The summed E-state index contributed by atoms with van der Waals surface area (Å²) in [4.78, 5) is 26.8. The molecule has 6 nitrogen and oxygen atoms in total. The molecule has 1 rings (SSSR count). The van der Waals surface area contributed by atoms with Crippen molar-refractivity contribution in [2.24, 2.45) is 0 Å². The summed E-state index contributed by atoms with van der Waals surface area (Å²) in [6, 6.07) is -0.455. The number of carbonyl (C=O) groups excluding carboxylic acids is 1. The zero-order chi connectivity index (χ0) is 15.0. The number of carboxylic acid groups (broad SMARTS) is 1. The molecule has 1 aliphatic rings. The summed E-state index contributed by atoms with van der Waals surface area (Å²) >= 11 is 0. The van der Waals surface area contributed by atoms with Crippen LogP contribution in [0.1, 0.15) is 39.0 Å². The van der Waals surface area contributed by atoms with E-state index in [1.807, 2.05) is 6.92 Å². The van der Waals surface area contributed by atoms with Gasteiger partial charge in [-0.1, -0.05) is 13.3 Å². The Kier molecular flexibility index (Phi) is 7.36. The van der Waals surface area contributed by atoms with E-state index in [-0.39, 0.29) is 18.5 Å². The second kappa shape index (κ2) is 8.79. The summed E-state index contributed by atoms with van der Waals surface area (Å²) in [5.41, 5.74) is 0. The lowest BCUT2D eigenvalue weighted by Gasteiger charge is -2.24. The van der Waals surface area contributed by atoms with E-state index in [1.54, 1.807) is 11.9 Å². The van der Waals surface area contributed by atoms with Crippen molar-refractivity contribution in [3.8, 4) is 0 Å². The van der Waals surface area contributed by atoms with Crippen LogP contribution in [0.2, 0.25) is 0 Å². The van der Waals surface area contributed by atoms with Crippen LogP contribution in [-0.2, 0) is 4.79 Å². The standard InChI is InChI=1S/C14H27N3O3/c1-3-6-12(11-13(18)19)15-14(20)16(2)9-10-17-7-4-5-8-17/h12H,3-11H2,1-2H3,(H,15,20)(H,18,19). The molecule has 1 fully saturated rings. The second-order valence-corrected chi connectivity index (χ2v) is 5.50. The fourth-order valence-corrected chi connectivity index (χ4v) is 2.47. The summed E-state index contributed by atoms with van der Waals surface area (Å²) in [5.74, 6) is -0.872. The third kappa shape index (κ3) is 6.23. The summed E-state index contributed by atoms with van der Waals surface area (Å²) in [6.45, 7) is 5.79. The van der Waals surface area contributed by atoms with Crippen molar-refractivity contribution in [2.45, 2.75) is 45.1 Å². The molecule has 0 radical (unpaired) electrons. The van der Waals surface area contributed by atoms with Crippen LogP contribution in [0.3, 0.4) is 0 Å². The van der Waals surface area contributed by atoms with Crippen LogP contribution in [0.5, 0.6) is 0 Å². The highest BCUT2D eigenvalue weighted by molar-refractivity contribution is 5.75. The van der Waals surface area contributed by atoms with E-state index in [2.05, 4.69) is 10.2 Å². The lowest BCUT2D eigenvalue weighted by atomic mass is 10.1. The number of hydrogen-bond donors (Lipinski definition) is 2. The number of carbonyl (C=O) groups is 2. The average Bonchev–Trinajstić information content (AvgIpc) is 2.88. The van der Waals surface area contributed by atoms with E-state index in [0.717, 1.165) is 26.1 Å². The summed E-state index contributed by atoms with van der Waals surface area (Å²) in [7, 11) is 1.76. The van der Waals surface area contributed by atoms with Gasteiger partial charge in [0.1, 0.15) is 0 Å². The third-order valence-electron chi connectivity index (χ3n) is 3.68. The van der Waals surface area contributed by atoms with Crippen LogP contribution in [0.15, 0.2) is 0 Å². The molecule has 6 heteroatoms. The van der Waals surface area contributed by atoms with Gasteiger partial charge in [0.05, 0.1) is 6.42 Å². The Hall–Kier alpha value is -1.30. The van der Waals surface area contributed by atoms with Crippen molar-refractivity contribution in [3.63, 3.8) is 0 Å². The van der Waals surface area contributed by atoms with Crippen LogP contribution in [0, 0.1) is 0 Å². The number of nitrogens with one attached hydrogen (secondary N) is 1. The van der Waals surface area contributed by atoms with Gasteiger partial charge in [0.2, 0.25) is 0 Å². The van der Waals surface area contributed by atoms with Gasteiger partial charge < -0.3 is 20.2 Å². The number of likely N-dealkylation sites (N-methyl/N-ethyl adjacent to an activating group) is 1. The number of hydrogen-bond acceptors (Lipinski definition) is 3. The average molecular weight is 285 g/mol.